The van der Waals surface area contributed by atoms with Crippen LogP contribution in [0.25, 0.3) is 0 Å². The first-order valence-corrected chi connectivity index (χ1v) is 6.04. The number of methoxy groups -OCH3 is 1. The SMILES string of the molecule is COC(=O)C1(O)CCCCC1c1ccccc1. The molecule has 0 bridgehead atoms. The molecule has 3 nitrogen and oxygen atoms in total. The monoisotopic (exact) mass is 234 g/mol. The standard InChI is InChI=1S/C14H18O3/c1-17-13(15)14(16)10-6-5-9-12(14)11-7-3-2-4-8-11/h2-4,7-8,12,16H,5-6,9-10H2,1H3. The third-order valence-corrected chi connectivity index (χ3v) is 3.62. The van der Waals surface area contributed by atoms with Gasteiger partial charge in [-0.25, -0.2) is 4.79 Å². The Balaban J connectivity index is 2.33. The van der Waals surface area contributed by atoms with Gasteiger partial charge in [-0.1, -0.05) is 36.8 Å². The second kappa shape index (κ2) is 4.88. The lowest BCUT2D eigenvalue weighted by atomic mass is 9.72. The molecule has 1 aliphatic rings. The Morgan fingerprint density at radius 2 is 2.06 bits per heavy atom. The topological polar surface area (TPSA) is 46.5 Å². The van der Waals surface area contributed by atoms with Gasteiger partial charge in [0.15, 0.2) is 5.60 Å². The molecule has 1 N–H and O–H groups in total. The molecular weight excluding hydrogens is 216 g/mol. The van der Waals surface area contributed by atoms with Crippen LogP contribution in [0.1, 0.15) is 37.2 Å². The van der Waals surface area contributed by atoms with Crippen molar-refractivity contribution in [1.29, 1.82) is 0 Å². The summed E-state index contributed by atoms with van der Waals surface area (Å²) in [7, 11) is 1.33. The number of hydrogen-bond donors (Lipinski definition) is 1. The Morgan fingerprint density at radius 1 is 1.35 bits per heavy atom. The third-order valence-electron chi connectivity index (χ3n) is 3.62. The molecule has 2 atom stereocenters. The first kappa shape index (κ1) is 12.1. The third kappa shape index (κ3) is 2.20. The molecule has 0 aromatic heterocycles. The van der Waals surface area contributed by atoms with E-state index in [-0.39, 0.29) is 5.92 Å². The highest BCUT2D eigenvalue weighted by Crippen LogP contribution is 2.41. The molecule has 92 valence electrons. The zero-order valence-corrected chi connectivity index (χ0v) is 10.1. The predicted molar refractivity (Wildman–Crippen MR) is 64.6 cm³/mol. The van der Waals surface area contributed by atoms with Crippen molar-refractivity contribution in [2.45, 2.75) is 37.2 Å². The Hall–Kier alpha value is -1.35. The van der Waals surface area contributed by atoms with Gasteiger partial charge in [0.1, 0.15) is 0 Å². The zero-order valence-electron chi connectivity index (χ0n) is 10.1. The Labute approximate surface area is 101 Å². The van der Waals surface area contributed by atoms with Crippen LogP contribution in [0.3, 0.4) is 0 Å². The largest absolute Gasteiger partial charge is 0.467 e. The summed E-state index contributed by atoms with van der Waals surface area (Å²) in [6, 6.07) is 9.72. The lowest BCUT2D eigenvalue weighted by Gasteiger charge is -2.37. The number of carbonyl (C=O) groups is 1. The van der Waals surface area contributed by atoms with E-state index < -0.39 is 11.6 Å². The molecular formula is C14H18O3. The lowest BCUT2D eigenvalue weighted by Crippen LogP contribution is -2.47. The van der Waals surface area contributed by atoms with Crippen LogP contribution in [0.5, 0.6) is 0 Å². The molecule has 1 aromatic rings. The van der Waals surface area contributed by atoms with Gasteiger partial charge in [0.25, 0.3) is 0 Å². The van der Waals surface area contributed by atoms with Gasteiger partial charge < -0.3 is 9.84 Å². The number of ether oxygens (including phenoxy) is 1. The van der Waals surface area contributed by atoms with E-state index >= 15 is 0 Å². The number of hydrogen-bond acceptors (Lipinski definition) is 3. The van der Waals surface area contributed by atoms with Gasteiger partial charge in [-0.15, -0.1) is 0 Å². The van der Waals surface area contributed by atoms with Gasteiger partial charge in [-0.2, -0.15) is 0 Å². The molecule has 0 aliphatic heterocycles. The Morgan fingerprint density at radius 3 is 2.71 bits per heavy atom. The van der Waals surface area contributed by atoms with Crippen molar-refractivity contribution in [3.05, 3.63) is 35.9 Å². The fourth-order valence-electron chi connectivity index (χ4n) is 2.70. The highest BCUT2D eigenvalue weighted by atomic mass is 16.5. The second-order valence-electron chi connectivity index (χ2n) is 4.62. The summed E-state index contributed by atoms with van der Waals surface area (Å²) in [6.45, 7) is 0. The number of aliphatic hydroxyl groups is 1. The molecule has 2 unspecified atom stereocenters. The van der Waals surface area contributed by atoms with Crippen LogP contribution >= 0.6 is 0 Å². The minimum Gasteiger partial charge on any atom is -0.467 e. The van der Waals surface area contributed by atoms with Crippen LogP contribution in [0, 0.1) is 0 Å². The van der Waals surface area contributed by atoms with Crippen molar-refractivity contribution < 1.29 is 14.6 Å². The summed E-state index contributed by atoms with van der Waals surface area (Å²) >= 11 is 0. The normalized spacial score (nSPS) is 28.7. The van der Waals surface area contributed by atoms with Crippen molar-refractivity contribution in [3.8, 4) is 0 Å². The molecule has 17 heavy (non-hydrogen) atoms. The predicted octanol–water partition coefficient (Wildman–Crippen LogP) is 2.25. The van der Waals surface area contributed by atoms with E-state index in [1.54, 1.807) is 0 Å². The summed E-state index contributed by atoms with van der Waals surface area (Å²) < 4.78 is 4.76. The maximum Gasteiger partial charge on any atom is 0.338 e. The minimum atomic E-state index is -1.35. The van der Waals surface area contributed by atoms with E-state index in [1.807, 2.05) is 30.3 Å². The Kier molecular flexibility index (Phi) is 3.48. The van der Waals surface area contributed by atoms with Crippen LogP contribution in [0.4, 0.5) is 0 Å². The number of carbonyl (C=O) groups excluding carboxylic acids is 1. The zero-order chi connectivity index (χ0) is 12.3. The number of esters is 1. The van der Waals surface area contributed by atoms with Crippen molar-refractivity contribution in [2.24, 2.45) is 0 Å². The van der Waals surface area contributed by atoms with Gasteiger partial charge in [-0.05, 0) is 24.8 Å². The second-order valence-corrected chi connectivity index (χ2v) is 4.62. The molecule has 0 heterocycles. The van der Waals surface area contributed by atoms with Crippen molar-refractivity contribution in [2.75, 3.05) is 7.11 Å². The number of rotatable bonds is 2. The summed E-state index contributed by atoms with van der Waals surface area (Å²) in [5.41, 5.74) is -0.339. The first-order chi connectivity index (χ1) is 8.18. The Bertz CT molecular complexity index is 388. The maximum atomic E-state index is 11.8. The molecule has 0 radical (unpaired) electrons. The molecule has 0 amide bonds. The van der Waals surface area contributed by atoms with Crippen LogP contribution < -0.4 is 0 Å². The van der Waals surface area contributed by atoms with Crippen LogP contribution in [0.2, 0.25) is 0 Å². The van der Waals surface area contributed by atoms with Crippen molar-refractivity contribution in [1.82, 2.24) is 0 Å². The van der Waals surface area contributed by atoms with Crippen LogP contribution in [-0.4, -0.2) is 23.8 Å². The molecule has 3 heteroatoms. The average Bonchev–Trinajstić information content (AvgIpc) is 2.39. The van der Waals surface area contributed by atoms with Gasteiger partial charge in [0.2, 0.25) is 0 Å². The van der Waals surface area contributed by atoms with E-state index in [4.69, 9.17) is 4.74 Å². The highest BCUT2D eigenvalue weighted by Gasteiger charge is 2.46. The lowest BCUT2D eigenvalue weighted by molar-refractivity contribution is -0.168. The smallest absolute Gasteiger partial charge is 0.338 e. The van der Waals surface area contributed by atoms with Crippen molar-refractivity contribution >= 4 is 5.97 Å². The summed E-state index contributed by atoms with van der Waals surface area (Å²) in [4.78, 5) is 11.8. The quantitative estimate of drug-likeness (QED) is 0.798. The minimum absolute atomic E-state index is 0.148. The van der Waals surface area contributed by atoms with Crippen molar-refractivity contribution in [3.63, 3.8) is 0 Å². The summed E-state index contributed by atoms with van der Waals surface area (Å²) in [5, 5.41) is 10.6. The van der Waals surface area contributed by atoms with Gasteiger partial charge >= 0.3 is 5.97 Å². The van der Waals surface area contributed by atoms with Gasteiger partial charge in [0.05, 0.1) is 7.11 Å². The maximum absolute atomic E-state index is 11.8. The summed E-state index contributed by atoms with van der Waals surface area (Å²) in [6.07, 6.45) is 3.22. The molecule has 1 aliphatic carbocycles. The van der Waals surface area contributed by atoms with Crippen LogP contribution in [-0.2, 0) is 9.53 Å². The molecule has 1 saturated carbocycles. The van der Waals surface area contributed by atoms with Gasteiger partial charge in [-0.3, -0.25) is 0 Å². The van der Waals surface area contributed by atoms with E-state index in [0.29, 0.717) is 6.42 Å². The van der Waals surface area contributed by atoms with Gasteiger partial charge in [0, 0.05) is 5.92 Å². The van der Waals surface area contributed by atoms with Crippen LogP contribution in [0.15, 0.2) is 30.3 Å². The number of benzene rings is 1. The highest BCUT2D eigenvalue weighted by molar-refractivity contribution is 5.80. The van der Waals surface area contributed by atoms with E-state index in [1.165, 1.54) is 7.11 Å². The molecule has 1 fully saturated rings. The van der Waals surface area contributed by atoms with E-state index in [9.17, 15) is 9.90 Å². The fraction of sp³-hybridized carbons (Fsp3) is 0.500. The molecule has 0 saturated heterocycles. The molecule has 2 rings (SSSR count). The molecule has 1 aromatic carbocycles. The first-order valence-electron chi connectivity index (χ1n) is 6.04. The summed E-state index contributed by atoms with van der Waals surface area (Å²) in [5.74, 6) is -0.657. The fourth-order valence-corrected chi connectivity index (χ4v) is 2.70. The van der Waals surface area contributed by atoms with E-state index in [0.717, 1.165) is 24.8 Å². The van der Waals surface area contributed by atoms with E-state index in [2.05, 4.69) is 0 Å². The average molecular weight is 234 g/mol. The molecule has 0 spiro atoms.